The summed E-state index contributed by atoms with van der Waals surface area (Å²) in [6.45, 7) is 22.3. The van der Waals surface area contributed by atoms with Crippen LogP contribution in [-0.4, -0.2) is 10.3 Å². The number of hydrogen-bond acceptors (Lipinski definition) is 1. The second kappa shape index (κ2) is 9.78. The lowest BCUT2D eigenvalue weighted by molar-refractivity contribution is 0.431. The number of allylic oxidation sites excluding steroid dienone is 1. The van der Waals surface area contributed by atoms with Crippen molar-refractivity contribution in [3.05, 3.63) is 75.8 Å². The molecule has 2 heteroatoms. The first-order valence-corrected chi connectivity index (χ1v) is 12.5. The monoisotopic (exact) mass is 454 g/mol. The Bertz CT molecular complexity index is 1350. The molecule has 180 valence electrons. The third-order valence-corrected chi connectivity index (χ3v) is 6.35. The standard InChI is InChI=1S/C32H42N2/c1-11-28-26(18-19-31(5,6)7)27-21-25(32(8,9)10)20-22(3)30(27)34(28)29(12-2)33-23(4)24-16-14-13-15-17-24/h11-18,20-21H,19H2,1-10H3/b26-18-,28-11+,29-12?,33-23+. The van der Waals surface area contributed by atoms with Gasteiger partial charge in [0.2, 0.25) is 0 Å². The van der Waals surface area contributed by atoms with Crippen LogP contribution in [0.4, 0.5) is 0 Å². The molecule has 0 saturated heterocycles. The van der Waals surface area contributed by atoms with E-state index in [1.807, 2.05) is 6.07 Å². The number of aryl methyl sites for hydroxylation is 1. The van der Waals surface area contributed by atoms with E-state index in [0.717, 1.165) is 23.5 Å². The fourth-order valence-corrected chi connectivity index (χ4v) is 4.40. The van der Waals surface area contributed by atoms with Gasteiger partial charge in [-0.25, -0.2) is 4.99 Å². The van der Waals surface area contributed by atoms with Crippen molar-refractivity contribution in [3.8, 4) is 0 Å². The second-order valence-corrected chi connectivity index (χ2v) is 11.5. The van der Waals surface area contributed by atoms with E-state index in [0.29, 0.717) is 0 Å². The molecule has 34 heavy (non-hydrogen) atoms. The first kappa shape index (κ1) is 25.7. The maximum atomic E-state index is 5.14. The normalized spacial score (nSPS) is 15.0. The fourth-order valence-electron chi connectivity index (χ4n) is 4.40. The molecule has 0 saturated carbocycles. The molecule has 0 aliphatic rings. The maximum absolute atomic E-state index is 5.14. The van der Waals surface area contributed by atoms with E-state index in [2.05, 4.69) is 128 Å². The predicted octanol–water partition coefficient (Wildman–Crippen LogP) is 7.59. The van der Waals surface area contributed by atoms with Gasteiger partial charge in [-0.1, -0.05) is 90.1 Å². The van der Waals surface area contributed by atoms with Crippen LogP contribution in [0.2, 0.25) is 0 Å². The van der Waals surface area contributed by atoms with Gasteiger partial charge in [-0.15, -0.1) is 0 Å². The summed E-state index contributed by atoms with van der Waals surface area (Å²) < 4.78 is 2.36. The average Bonchev–Trinajstić information content (AvgIpc) is 3.09. The van der Waals surface area contributed by atoms with Crippen molar-refractivity contribution in [3.63, 3.8) is 0 Å². The van der Waals surface area contributed by atoms with Gasteiger partial charge >= 0.3 is 0 Å². The molecule has 0 N–H and O–H groups in total. The fraction of sp³-hybridized carbons (Fsp3) is 0.406. The molecule has 0 aliphatic carbocycles. The van der Waals surface area contributed by atoms with Crippen molar-refractivity contribution in [1.29, 1.82) is 0 Å². The summed E-state index contributed by atoms with van der Waals surface area (Å²) in [5.74, 6) is 0.960. The number of nitrogens with zero attached hydrogens (tertiary/aromatic N) is 2. The number of aliphatic imine (C=N–C) groups is 1. The number of benzene rings is 2. The first-order chi connectivity index (χ1) is 15.9. The highest BCUT2D eigenvalue weighted by Crippen LogP contribution is 2.29. The second-order valence-electron chi connectivity index (χ2n) is 11.5. The minimum Gasteiger partial charge on any atom is -0.294 e. The summed E-state index contributed by atoms with van der Waals surface area (Å²) in [4.78, 5) is 5.14. The topological polar surface area (TPSA) is 17.3 Å². The van der Waals surface area contributed by atoms with Crippen LogP contribution in [0.3, 0.4) is 0 Å². The molecule has 0 bridgehead atoms. The number of rotatable bonds is 4. The maximum Gasteiger partial charge on any atom is 0.133 e. The molecular weight excluding hydrogens is 412 g/mol. The summed E-state index contributed by atoms with van der Waals surface area (Å²) in [7, 11) is 0. The highest BCUT2D eigenvalue weighted by molar-refractivity contribution is 6.01. The third-order valence-electron chi connectivity index (χ3n) is 6.35. The van der Waals surface area contributed by atoms with Crippen molar-refractivity contribution in [2.45, 2.75) is 81.1 Å². The first-order valence-electron chi connectivity index (χ1n) is 12.5. The SMILES string of the molecule is CC=C(/N=C(\C)c1ccccc1)n1c(=C/C)/c(=C\CC(C)(C)C)c2cc(C(C)(C)C)cc(C)c21. The lowest BCUT2D eigenvalue weighted by Crippen LogP contribution is -2.29. The van der Waals surface area contributed by atoms with Crippen molar-refractivity contribution >= 4 is 34.6 Å². The third kappa shape index (κ3) is 5.43. The number of aromatic nitrogens is 1. The van der Waals surface area contributed by atoms with Crippen molar-refractivity contribution < 1.29 is 0 Å². The zero-order valence-corrected chi connectivity index (χ0v) is 22.9. The van der Waals surface area contributed by atoms with E-state index in [9.17, 15) is 0 Å². The van der Waals surface area contributed by atoms with Gasteiger partial charge in [0.1, 0.15) is 5.82 Å². The zero-order valence-electron chi connectivity index (χ0n) is 22.9. The van der Waals surface area contributed by atoms with Gasteiger partial charge in [-0.3, -0.25) is 4.57 Å². The van der Waals surface area contributed by atoms with Gasteiger partial charge in [-0.05, 0) is 73.8 Å². The van der Waals surface area contributed by atoms with Crippen molar-refractivity contribution in [2.24, 2.45) is 10.4 Å². The van der Waals surface area contributed by atoms with Crippen molar-refractivity contribution in [1.82, 2.24) is 4.57 Å². The van der Waals surface area contributed by atoms with Gasteiger partial charge in [-0.2, -0.15) is 0 Å². The number of hydrogen-bond donors (Lipinski definition) is 0. The summed E-state index contributed by atoms with van der Waals surface area (Å²) in [6, 6.07) is 15.2. The van der Waals surface area contributed by atoms with Gasteiger partial charge in [0.05, 0.1) is 10.9 Å². The van der Waals surface area contributed by atoms with Crippen LogP contribution in [0.5, 0.6) is 0 Å². The average molecular weight is 455 g/mol. The van der Waals surface area contributed by atoms with Crippen LogP contribution < -0.4 is 10.6 Å². The summed E-state index contributed by atoms with van der Waals surface area (Å²) in [5, 5.41) is 3.84. The van der Waals surface area contributed by atoms with Crippen LogP contribution in [0.15, 0.2) is 53.5 Å². The lowest BCUT2D eigenvalue weighted by atomic mass is 9.85. The largest absolute Gasteiger partial charge is 0.294 e. The zero-order chi connectivity index (χ0) is 25.3. The predicted molar refractivity (Wildman–Crippen MR) is 152 cm³/mol. The van der Waals surface area contributed by atoms with E-state index in [-0.39, 0.29) is 10.8 Å². The molecule has 0 amide bonds. The Morgan fingerprint density at radius 1 is 0.971 bits per heavy atom. The molecule has 0 aliphatic heterocycles. The molecule has 0 spiro atoms. The van der Waals surface area contributed by atoms with E-state index in [1.165, 1.54) is 32.6 Å². The Balaban J connectivity index is 2.43. The minimum absolute atomic E-state index is 0.0872. The lowest BCUT2D eigenvalue weighted by Gasteiger charge is -2.20. The Morgan fingerprint density at radius 3 is 2.15 bits per heavy atom. The molecule has 3 rings (SSSR count). The Hall–Kier alpha value is -2.87. The van der Waals surface area contributed by atoms with E-state index in [4.69, 9.17) is 4.99 Å². The molecule has 1 aromatic heterocycles. The molecule has 2 aromatic carbocycles. The Morgan fingerprint density at radius 2 is 1.62 bits per heavy atom. The van der Waals surface area contributed by atoms with Crippen molar-refractivity contribution in [2.75, 3.05) is 0 Å². The molecule has 0 radical (unpaired) electrons. The molecule has 3 aromatic rings. The molecule has 0 unspecified atom stereocenters. The van der Waals surface area contributed by atoms with E-state index < -0.39 is 0 Å². The summed E-state index contributed by atoms with van der Waals surface area (Å²) in [5.41, 5.74) is 6.37. The van der Waals surface area contributed by atoms with Crippen LogP contribution in [-0.2, 0) is 5.41 Å². The van der Waals surface area contributed by atoms with E-state index >= 15 is 0 Å². The van der Waals surface area contributed by atoms with Gasteiger partial charge in [0.15, 0.2) is 0 Å². The smallest absolute Gasteiger partial charge is 0.133 e. The van der Waals surface area contributed by atoms with Gasteiger partial charge < -0.3 is 0 Å². The van der Waals surface area contributed by atoms with Gasteiger partial charge in [0, 0.05) is 16.3 Å². The summed E-state index contributed by atoms with van der Waals surface area (Å²) >= 11 is 0. The van der Waals surface area contributed by atoms with Crippen LogP contribution >= 0.6 is 0 Å². The Kier molecular flexibility index (Phi) is 7.41. The highest BCUT2D eigenvalue weighted by atomic mass is 15.1. The number of fused-ring (bicyclic) bond motifs is 1. The molecule has 1 heterocycles. The van der Waals surface area contributed by atoms with Crippen LogP contribution in [0.1, 0.15) is 85.4 Å². The quantitative estimate of drug-likeness (QED) is 0.361. The van der Waals surface area contributed by atoms with Gasteiger partial charge in [0.25, 0.3) is 0 Å². The summed E-state index contributed by atoms with van der Waals surface area (Å²) in [6.07, 6.45) is 7.81. The highest BCUT2D eigenvalue weighted by Gasteiger charge is 2.20. The van der Waals surface area contributed by atoms with E-state index in [1.54, 1.807) is 0 Å². The van der Waals surface area contributed by atoms with Crippen LogP contribution in [0.25, 0.3) is 28.9 Å². The van der Waals surface area contributed by atoms with Crippen LogP contribution in [0, 0.1) is 12.3 Å². The Labute approximate surface area is 206 Å². The molecule has 2 nitrogen and oxygen atoms in total. The molecular formula is C32H42N2. The minimum atomic E-state index is 0.0872. The molecule has 0 atom stereocenters. The molecule has 0 fully saturated rings.